The molecule has 0 aliphatic heterocycles. The third-order valence-electron chi connectivity index (χ3n) is 8.66. The van der Waals surface area contributed by atoms with Gasteiger partial charge in [0.25, 0.3) is 29.5 Å². The van der Waals surface area contributed by atoms with E-state index in [1.54, 1.807) is 91.3 Å². The third-order valence-corrected chi connectivity index (χ3v) is 9.00. The van der Waals surface area contributed by atoms with Crippen LogP contribution in [0.25, 0.3) is 0 Å². The molecule has 5 aromatic rings. The third kappa shape index (κ3) is 10.1. The maximum atomic E-state index is 13.7. The number of benzene rings is 1. The molecule has 5 rings (SSSR count). The molecule has 0 radical (unpaired) electrons. The molecule has 5 amide bonds. The Labute approximate surface area is 337 Å². The second-order valence-electron chi connectivity index (χ2n) is 12.9. The molecule has 18 nitrogen and oxygen atoms in total. The lowest BCUT2D eigenvalue weighted by molar-refractivity contribution is 0.0899. The first kappa shape index (κ1) is 41.8. The van der Waals surface area contributed by atoms with Crippen molar-refractivity contribution in [1.29, 1.82) is 5.41 Å². The van der Waals surface area contributed by atoms with Gasteiger partial charge >= 0.3 is 0 Å². The molecule has 4 heterocycles. The summed E-state index contributed by atoms with van der Waals surface area (Å²) in [6.07, 6.45) is 4.95. The summed E-state index contributed by atoms with van der Waals surface area (Å²) >= 11 is 12.1. The van der Waals surface area contributed by atoms with E-state index in [2.05, 4.69) is 26.4 Å². The number of amidine groups is 1. The number of hydrogen-bond donors (Lipinski definition) is 6. The van der Waals surface area contributed by atoms with Crippen LogP contribution in [0, 0.1) is 5.41 Å². The average molecular weight is 821 g/mol. The number of hydrogen-bond acceptors (Lipinski definition) is 8. The van der Waals surface area contributed by atoms with E-state index in [0.29, 0.717) is 41.4 Å². The number of nitrogens with one attached hydrogen (secondary N) is 5. The summed E-state index contributed by atoms with van der Waals surface area (Å²) in [5.74, 6) is -1.72. The van der Waals surface area contributed by atoms with Gasteiger partial charge in [-0.1, -0.05) is 18.2 Å². The van der Waals surface area contributed by atoms with Crippen molar-refractivity contribution < 1.29 is 24.0 Å². The summed E-state index contributed by atoms with van der Waals surface area (Å²) in [6, 6.07) is 14.6. The molecule has 20 heteroatoms. The number of amides is 5. The number of halogens is 2. The van der Waals surface area contributed by atoms with E-state index < -0.39 is 17.7 Å². The molecule has 0 spiro atoms. The Kier molecular flexibility index (Phi) is 13.6. The zero-order chi connectivity index (χ0) is 41.4. The first-order valence-corrected chi connectivity index (χ1v) is 18.6. The largest absolute Gasteiger partial charge is 0.388 e. The minimum absolute atomic E-state index is 0.0418. The number of alkyl halides is 2. The summed E-state index contributed by atoms with van der Waals surface area (Å²) in [7, 11) is 6.52. The summed E-state index contributed by atoms with van der Waals surface area (Å²) in [4.78, 5) is 66.4. The quantitative estimate of drug-likeness (QED) is 0.0351. The maximum absolute atomic E-state index is 13.7. The van der Waals surface area contributed by atoms with Crippen molar-refractivity contribution in [1.82, 2.24) is 33.8 Å². The van der Waals surface area contributed by atoms with Crippen molar-refractivity contribution in [2.45, 2.75) is 6.42 Å². The predicted octanol–water partition coefficient (Wildman–Crippen LogP) is 3.59. The molecule has 0 aliphatic rings. The van der Waals surface area contributed by atoms with Crippen molar-refractivity contribution in [3.8, 4) is 0 Å². The van der Waals surface area contributed by atoms with Gasteiger partial charge in [0.15, 0.2) is 5.82 Å². The maximum Gasteiger partial charge on any atom is 0.274 e. The minimum atomic E-state index is -0.542. The first-order valence-electron chi connectivity index (χ1n) is 17.5. The number of aromatic nitrogens is 5. The highest BCUT2D eigenvalue weighted by atomic mass is 35.5. The number of anilines is 4. The number of rotatable bonds is 17. The average Bonchev–Trinajstić information content (AvgIpc) is 3.93. The van der Waals surface area contributed by atoms with Crippen molar-refractivity contribution in [2.24, 2.45) is 33.9 Å². The fraction of sp³-hybridized carbons (Fsp3) is 0.270. The number of nitrogens with two attached hydrogens (primary N) is 1. The van der Waals surface area contributed by atoms with E-state index in [4.69, 9.17) is 34.3 Å². The highest BCUT2D eigenvalue weighted by molar-refractivity contribution is 6.18. The molecule has 0 unspecified atom stereocenters. The van der Waals surface area contributed by atoms with Gasteiger partial charge in [0.05, 0.1) is 22.9 Å². The van der Waals surface area contributed by atoms with Crippen LogP contribution in [-0.2, 0) is 28.2 Å². The van der Waals surface area contributed by atoms with Crippen LogP contribution in [0.2, 0.25) is 0 Å². The molecule has 1 aromatic carbocycles. The highest BCUT2D eigenvalue weighted by Crippen LogP contribution is 2.23. The van der Waals surface area contributed by atoms with E-state index in [1.165, 1.54) is 38.5 Å². The van der Waals surface area contributed by atoms with Crippen LogP contribution in [0.3, 0.4) is 0 Å². The van der Waals surface area contributed by atoms with Crippen molar-refractivity contribution in [3.05, 3.63) is 102 Å². The molecule has 300 valence electrons. The van der Waals surface area contributed by atoms with E-state index in [9.17, 15) is 24.0 Å². The molecule has 0 saturated heterocycles. The predicted molar refractivity (Wildman–Crippen MR) is 218 cm³/mol. The fourth-order valence-electron chi connectivity index (χ4n) is 5.92. The first-order chi connectivity index (χ1) is 27.2. The monoisotopic (exact) mass is 819 g/mol. The second-order valence-corrected chi connectivity index (χ2v) is 13.7. The standard InChI is InChI=1S/C37H43Cl2N13O5/c1-47-20-24(16-27(47)33(53)42-13-10-31(40)41)43-34(54)28-17-25(21-48(28)2)44-35(55)29-18-26(22-49(29)3)45-36(56)30-19-32(46-50(30)4)52(51(14-11-38)15-12-39)37(57)23-8-6-5-7-9-23/h5-9,16-22H,10-15H2,1-4H3,(H3,40,41)(H,42,53)(H,43,54)(H,44,55)(H,45,56). The van der Waals surface area contributed by atoms with Crippen molar-refractivity contribution in [3.63, 3.8) is 0 Å². The Morgan fingerprint density at radius 3 is 1.61 bits per heavy atom. The molecule has 7 N–H and O–H groups in total. The van der Waals surface area contributed by atoms with E-state index in [1.807, 2.05) is 0 Å². The minimum Gasteiger partial charge on any atom is -0.388 e. The summed E-state index contributed by atoms with van der Waals surface area (Å²) in [5.41, 5.74) is 7.66. The van der Waals surface area contributed by atoms with Gasteiger partial charge in [-0.15, -0.1) is 23.2 Å². The number of aryl methyl sites for hydroxylation is 4. The van der Waals surface area contributed by atoms with E-state index >= 15 is 0 Å². The number of carbonyl (C=O) groups excluding carboxylic acids is 5. The zero-order valence-electron chi connectivity index (χ0n) is 31.7. The molecule has 4 aromatic heterocycles. The van der Waals surface area contributed by atoms with Gasteiger partial charge in [-0.3, -0.25) is 34.1 Å². The van der Waals surface area contributed by atoms with Crippen molar-refractivity contribution in [2.75, 3.05) is 52.4 Å². The summed E-state index contributed by atoms with van der Waals surface area (Å²) < 4.78 is 5.99. The zero-order valence-corrected chi connectivity index (χ0v) is 33.2. The highest BCUT2D eigenvalue weighted by Gasteiger charge is 2.29. The van der Waals surface area contributed by atoms with Crippen LogP contribution in [0.4, 0.5) is 22.9 Å². The van der Waals surface area contributed by atoms with Gasteiger partial charge in [0, 0.05) is 96.2 Å². The summed E-state index contributed by atoms with van der Waals surface area (Å²) in [5, 5.41) is 25.8. The molecular weight excluding hydrogens is 777 g/mol. The Bertz CT molecular complexity index is 2290. The number of carbonyl (C=O) groups is 5. The molecule has 57 heavy (non-hydrogen) atoms. The number of hydrazine groups is 1. The lowest BCUT2D eigenvalue weighted by Gasteiger charge is -2.32. The molecule has 0 fully saturated rings. The van der Waals surface area contributed by atoms with Gasteiger partial charge in [0.2, 0.25) is 0 Å². The topological polar surface area (TPSA) is 222 Å². The van der Waals surface area contributed by atoms with Crippen LogP contribution < -0.4 is 32.0 Å². The SMILES string of the molecule is Cn1cc(NC(=O)c2cc(NC(=O)c3cc(NC(=O)c4cc(N(C(=O)c5ccccc5)N(CCCl)CCCl)nn4C)cn3C)cn2C)cc1C(=O)NCCC(=N)N. The Balaban J connectivity index is 1.26. The molecule has 0 saturated carbocycles. The lowest BCUT2D eigenvalue weighted by Crippen LogP contribution is -2.49. The van der Waals surface area contributed by atoms with Crippen LogP contribution in [0.5, 0.6) is 0 Å². The summed E-state index contributed by atoms with van der Waals surface area (Å²) in [6.45, 7) is 0.783. The van der Waals surface area contributed by atoms with Crippen LogP contribution in [-0.4, -0.2) is 95.3 Å². The Hall–Kier alpha value is -6.37. The number of nitrogens with zero attached hydrogens (tertiary/aromatic N) is 7. The van der Waals surface area contributed by atoms with Gasteiger partial charge in [-0.05, 0) is 30.3 Å². The van der Waals surface area contributed by atoms with Crippen LogP contribution in [0.1, 0.15) is 58.7 Å². The van der Waals surface area contributed by atoms with Gasteiger partial charge < -0.3 is 40.7 Å². The van der Waals surface area contributed by atoms with Crippen molar-refractivity contribution >= 4 is 81.5 Å². The molecule has 0 atom stereocenters. The molecule has 0 aliphatic carbocycles. The molecular formula is C37H43Cl2N13O5. The van der Waals surface area contributed by atoms with E-state index in [-0.39, 0.29) is 65.3 Å². The lowest BCUT2D eigenvalue weighted by atomic mass is 10.2. The Morgan fingerprint density at radius 2 is 1.16 bits per heavy atom. The normalized spacial score (nSPS) is 11.0. The fourth-order valence-corrected chi connectivity index (χ4v) is 6.31. The van der Waals surface area contributed by atoms with Crippen LogP contribution >= 0.6 is 23.2 Å². The van der Waals surface area contributed by atoms with Gasteiger partial charge in [-0.25, -0.2) is 10.0 Å². The van der Waals surface area contributed by atoms with Crippen LogP contribution in [0.15, 0.2) is 73.2 Å². The Morgan fingerprint density at radius 1 is 0.702 bits per heavy atom. The second kappa shape index (κ2) is 18.5. The smallest absolute Gasteiger partial charge is 0.274 e. The van der Waals surface area contributed by atoms with E-state index in [0.717, 1.165) is 0 Å². The van der Waals surface area contributed by atoms with Gasteiger partial charge in [-0.2, -0.15) is 5.10 Å². The molecule has 0 bridgehead atoms. The van der Waals surface area contributed by atoms with Gasteiger partial charge in [0.1, 0.15) is 22.8 Å².